The van der Waals surface area contributed by atoms with Gasteiger partial charge in [-0.15, -0.1) is 5.10 Å². The van der Waals surface area contributed by atoms with Crippen LogP contribution < -0.4 is 11.4 Å². The van der Waals surface area contributed by atoms with Crippen LogP contribution in [-0.2, 0) is 6.54 Å². The molecule has 0 fully saturated rings. The molecule has 2 heterocycles. The highest BCUT2D eigenvalue weighted by molar-refractivity contribution is 7.99. The molecule has 0 atom stereocenters. The molecule has 3 N–H and O–H groups in total. The minimum absolute atomic E-state index is 0.196. The highest BCUT2D eigenvalue weighted by atomic mass is 32.2. The number of nitrogens with two attached hydrogens (primary N) is 1. The van der Waals surface area contributed by atoms with E-state index in [-0.39, 0.29) is 5.69 Å². The van der Waals surface area contributed by atoms with Gasteiger partial charge in [0.1, 0.15) is 10.8 Å². The van der Waals surface area contributed by atoms with Crippen molar-refractivity contribution >= 4 is 17.6 Å². The fourth-order valence-electron chi connectivity index (χ4n) is 1.38. The summed E-state index contributed by atoms with van der Waals surface area (Å²) in [7, 11) is 0. The first-order valence-corrected chi connectivity index (χ1v) is 6.08. The molecular formula is C10H13N5OS. The number of nitrogens with zero attached hydrogens (tertiary/aromatic N) is 3. The van der Waals surface area contributed by atoms with E-state index in [4.69, 9.17) is 5.73 Å². The van der Waals surface area contributed by atoms with Crippen molar-refractivity contribution in [3.8, 4) is 0 Å². The maximum atomic E-state index is 11.5. The Morgan fingerprint density at radius 3 is 3.06 bits per heavy atom. The third kappa shape index (κ3) is 2.68. The van der Waals surface area contributed by atoms with E-state index in [1.165, 1.54) is 11.8 Å². The van der Waals surface area contributed by atoms with Crippen molar-refractivity contribution in [1.29, 1.82) is 0 Å². The van der Waals surface area contributed by atoms with Gasteiger partial charge in [-0.1, -0.05) is 13.0 Å². The van der Waals surface area contributed by atoms with Crippen LogP contribution in [0, 0.1) is 0 Å². The lowest BCUT2D eigenvalue weighted by Gasteiger charge is -2.03. The Morgan fingerprint density at radius 2 is 2.35 bits per heavy atom. The molecule has 0 saturated heterocycles. The molecule has 0 aliphatic heterocycles. The van der Waals surface area contributed by atoms with Gasteiger partial charge in [-0.05, 0) is 30.3 Å². The summed E-state index contributed by atoms with van der Waals surface area (Å²) in [5, 5.41) is 7.73. The molecule has 17 heavy (non-hydrogen) atoms. The quantitative estimate of drug-likeness (QED) is 0.849. The van der Waals surface area contributed by atoms with Gasteiger partial charge in [0.2, 0.25) is 0 Å². The lowest BCUT2D eigenvalue weighted by atomic mass is 10.5. The molecule has 0 aromatic carbocycles. The van der Waals surface area contributed by atoms with Crippen molar-refractivity contribution < 1.29 is 0 Å². The Kier molecular flexibility index (Phi) is 3.48. The van der Waals surface area contributed by atoms with Crippen LogP contribution in [0.4, 0.5) is 5.82 Å². The molecule has 2 rings (SSSR count). The molecule has 0 amide bonds. The highest BCUT2D eigenvalue weighted by Gasteiger charge is 2.09. The molecule has 0 saturated carbocycles. The van der Waals surface area contributed by atoms with Gasteiger partial charge in [-0.3, -0.25) is 4.57 Å². The molecule has 7 heteroatoms. The van der Waals surface area contributed by atoms with Crippen molar-refractivity contribution in [2.45, 2.75) is 30.1 Å². The number of aromatic nitrogens is 4. The molecule has 0 unspecified atom stereocenters. The first-order chi connectivity index (χ1) is 8.20. The number of hydrogen-bond acceptors (Lipinski definition) is 5. The lowest BCUT2D eigenvalue weighted by Crippen LogP contribution is -2.17. The maximum Gasteiger partial charge on any atom is 0.343 e. The minimum Gasteiger partial charge on any atom is -0.384 e. The van der Waals surface area contributed by atoms with Gasteiger partial charge in [0.15, 0.2) is 5.16 Å². The number of rotatable bonds is 4. The Balaban J connectivity index is 2.27. The van der Waals surface area contributed by atoms with Gasteiger partial charge >= 0.3 is 5.69 Å². The van der Waals surface area contributed by atoms with E-state index in [0.717, 1.165) is 11.4 Å². The second-order valence-corrected chi connectivity index (χ2v) is 4.45. The molecular weight excluding hydrogens is 238 g/mol. The van der Waals surface area contributed by atoms with E-state index in [2.05, 4.69) is 15.2 Å². The summed E-state index contributed by atoms with van der Waals surface area (Å²) in [5.74, 6) is 0.454. The van der Waals surface area contributed by atoms with E-state index >= 15 is 0 Å². The van der Waals surface area contributed by atoms with Gasteiger partial charge < -0.3 is 5.73 Å². The van der Waals surface area contributed by atoms with Crippen LogP contribution in [0.3, 0.4) is 0 Å². The molecule has 6 nitrogen and oxygen atoms in total. The van der Waals surface area contributed by atoms with Crippen LogP contribution in [0.25, 0.3) is 0 Å². The maximum absolute atomic E-state index is 11.5. The summed E-state index contributed by atoms with van der Waals surface area (Å²) in [6.45, 7) is 2.65. The number of pyridine rings is 1. The Morgan fingerprint density at radius 1 is 1.53 bits per heavy atom. The largest absolute Gasteiger partial charge is 0.384 e. The van der Waals surface area contributed by atoms with Crippen LogP contribution >= 0.6 is 11.8 Å². The number of nitrogen functional groups attached to an aromatic ring is 1. The molecule has 0 radical (unpaired) electrons. The van der Waals surface area contributed by atoms with E-state index in [9.17, 15) is 4.79 Å². The van der Waals surface area contributed by atoms with Crippen LogP contribution in [-0.4, -0.2) is 19.7 Å². The number of aromatic amines is 1. The van der Waals surface area contributed by atoms with Crippen molar-refractivity contribution in [1.82, 2.24) is 19.7 Å². The molecule has 0 aliphatic rings. The van der Waals surface area contributed by atoms with Crippen molar-refractivity contribution in [3.63, 3.8) is 0 Å². The summed E-state index contributed by atoms with van der Waals surface area (Å²) >= 11 is 1.32. The summed E-state index contributed by atoms with van der Waals surface area (Å²) in [6.07, 6.45) is 0.872. The van der Waals surface area contributed by atoms with Crippen LogP contribution in [0.15, 0.2) is 33.2 Å². The Labute approximate surface area is 102 Å². The topological polar surface area (TPSA) is 89.6 Å². The molecule has 90 valence electrons. The van der Waals surface area contributed by atoms with Gasteiger partial charge in [0.25, 0.3) is 0 Å². The molecule has 0 spiro atoms. The van der Waals surface area contributed by atoms with Gasteiger partial charge in [0.05, 0.1) is 0 Å². The van der Waals surface area contributed by atoms with Gasteiger partial charge in [0, 0.05) is 6.54 Å². The van der Waals surface area contributed by atoms with Gasteiger partial charge in [-0.25, -0.2) is 14.9 Å². The molecule has 0 aliphatic carbocycles. The first-order valence-electron chi connectivity index (χ1n) is 5.26. The predicted molar refractivity (Wildman–Crippen MR) is 65.9 cm³/mol. The fourth-order valence-corrected chi connectivity index (χ4v) is 2.24. The number of H-pyrrole nitrogens is 1. The zero-order valence-electron chi connectivity index (χ0n) is 9.38. The second kappa shape index (κ2) is 5.05. The third-order valence-electron chi connectivity index (χ3n) is 2.11. The van der Waals surface area contributed by atoms with Crippen LogP contribution in [0.5, 0.6) is 0 Å². The zero-order valence-corrected chi connectivity index (χ0v) is 10.2. The highest BCUT2D eigenvalue weighted by Crippen LogP contribution is 2.23. The molecule has 2 aromatic heterocycles. The Bertz CT molecular complexity index is 562. The van der Waals surface area contributed by atoms with Crippen LogP contribution in [0.1, 0.15) is 13.3 Å². The monoisotopic (exact) mass is 251 g/mol. The number of hydrogen-bond donors (Lipinski definition) is 2. The first kappa shape index (κ1) is 11.7. The average molecular weight is 251 g/mol. The van der Waals surface area contributed by atoms with Crippen molar-refractivity contribution in [2.75, 3.05) is 5.73 Å². The fraction of sp³-hybridized carbons (Fsp3) is 0.300. The number of anilines is 1. The van der Waals surface area contributed by atoms with Gasteiger partial charge in [-0.2, -0.15) is 0 Å². The molecule has 0 bridgehead atoms. The molecule has 2 aromatic rings. The van der Waals surface area contributed by atoms with Crippen molar-refractivity contribution in [2.24, 2.45) is 0 Å². The third-order valence-corrected chi connectivity index (χ3v) is 3.04. The Hall–Kier alpha value is -1.76. The number of nitrogens with one attached hydrogen (secondary N) is 1. The van der Waals surface area contributed by atoms with E-state index < -0.39 is 0 Å². The summed E-state index contributed by atoms with van der Waals surface area (Å²) in [4.78, 5) is 15.6. The van der Waals surface area contributed by atoms with Crippen molar-refractivity contribution in [3.05, 3.63) is 28.7 Å². The summed E-state index contributed by atoms with van der Waals surface area (Å²) in [5.41, 5.74) is 5.40. The minimum atomic E-state index is -0.196. The second-order valence-electron chi connectivity index (χ2n) is 3.47. The van der Waals surface area contributed by atoms with Crippen LogP contribution in [0.2, 0.25) is 0 Å². The SMILES string of the molecule is CCCn1c(Sc2cccc(N)n2)n[nH]c1=O. The zero-order chi connectivity index (χ0) is 12.3. The smallest absolute Gasteiger partial charge is 0.343 e. The van der Waals surface area contributed by atoms with E-state index in [1.54, 1.807) is 10.6 Å². The normalized spacial score (nSPS) is 10.6. The van der Waals surface area contributed by atoms with E-state index in [1.807, 2.05) is 19.1 Å². The average Bonchev–Trinajstić information content (AvgIpc) is 2.62. The lowest BCUT2D eigenvalue weighted by molar-refractivity contribution is 0.603. The van der Waals surface area contributed by atoms with E-state index in [0.29, 0.717) is 17.5 Å². The standard InChI is InChI=1S/C10H13N5OS/c1-2-6-15-9(16)13-14-10(15)17-8-5-3-4-7(11)12-8/h3-5H,2,6H2,1H3,(H2,11,12)(H,13,16). The predicted octanol–water partition coefficient (Wildman–Crippen LogP) is 1.11. The summed E-state index contributed by atoms with van der Waals surface area (Å²) < 4.78 is 1.59. The summed E-state index contributed by atoms with van der Waals surface area (Å²) in [6, 6.07) is 5.36.